The Labute approximate surface area is 148 Å². The first-order chi connectivity index (χ1) is 10.9. The zero-order valence-corrected chi connectivity index (χ0v) is 15.0. The quantitative estimate of drug-likeness (QED) is 0.869. The van der Waals surface area contributed by atoms with Gasteiger partial charge in [-0.2, -0.15) is 0 Å². The minimum atomic E-state index is -0.423. The highest BCUT2D eigenvalue weighted by molar-refractivity contribution is 5.85. The van der Waals surface area contributed by atoms with Gasteiger partial charge in [-0.05, 0) is 51.8 Å². The SMILES string of the molecule is CC1(C)CC(NC(=O)CCC2CCNC2)c2ccc(F)cc2O1.Cl. The number of hydrogen-bond acceptors (Lipinski definition) is 3. The van der Waals surface area contributed by atoms with Gasteiger partial charge in [-0.15, -0.1) is 12.4 Å². The van der Waals surface area contributed by atoms with Gasteiger partial charge in [0.05, 0.1) is 6.04 Å². The van der Waals surface area contributed by atoms with Gasteiger partial charge < -0.3 is 15.4 Å². The molecule has 2 N–H and O–H groups in total. The maximum atomic E-state index is 13.5. The van der Waals surface area contributed by atoms with Gasteiger partial charge in [0.1, 0.15) is 17.2 Å². The van der Waals surface area contributed by atoms with Gasteiger partial charge in [0, 0.05) is 24.5 Å². The van der Waals surface area contributed by atoms with Crippen LogP contribution in [0.25, 0.3) is 0 Å². The minimum absolute atomic E-state index is 0. The molecule has 1 fully saturated rings. The summed E-state index contributed by atoms with van der Waals surface area (Å²) in [5.74, 6) is 0.884. The minimum Gasteiger partial charge on any atom is -0.487 e. The number of carbonyl (C=O) groups is 1. The number of fused-ring (bicyclic) bond motifs is 1. The Hall–Kier alpha value is -1.33. The average Bonchev–Trinajstić information content (AvgIpc) is 2.96. The summed E-state index contributed by atoms with van der Waals surface area (Å²) in [5.41, 5.74) is 0.440. The Morgan fingerprint density at radius 2 is 2.25 bits per heavy atom. The summed E-state index contributed by atoms with van der Waals surface area (Å²) in [4.78, 5) is 12.3. The first kappa shape index (κ1) is 19.0. The Bertz CT molecular complexity index is 588. The number of rotatable bonds is 4. The van der Waals surface area contributed by atoms with E-state index < -0.39 is 5.60 Å². The molecule has 2 aliphatic heterocycles. The largest absolute Gasteiger partial charge is 0.487 e. The Morgan fingerprint density at radius 3 is 2.96 bits per heavy atom. The molecule has 2 atom stereocenters. The standard InChI is InChI=1S/C18H25FN2O2.ClH/c1-18(2)10-15(14-5-4-13(19)9-16(14)23-18)21-17(22)6-3-12-7-8-20-11-12;/h4-5,9,12,15,20H,3,6-8,10-11H2,1-2H3,(H,21,22);1H. The zero-order valence-electron chi connectivity index (χ0n) is 14.2. The van der Waals surface area contributed by atoms with Crippen molar-refractivity contribution in [2.24, 2.45) is 5.92 Å². The van der Waals surface area contributed by atoms with Gasteiger partial charge in [-0.1, -0.05) is 6.07 Å². The molecule has 0 spiro atoms. The molecule has 2 aliphatic rings. The van der Waals surface area contributed by atoms with Crippen molar-refractivity contribution in [3.8, 4) is 5.75 Å². The van der Waals surface area contributed by atoms with Crippen LogP contribution in [0.3, 0.4) is 0 Å². The average molecular weight is 357 g/mol. The molecule has 4 nitrogen and oxygen atoms in total. The van der Waals surface area contributed by atoms with Crippen LogP contribution in [0.15, 0.2) is 18.2 Å². The molecule has 1 aromatic carbocycles. The van der Waals surface area contributed by atoms with E-state index in [9.17, 15) is 9.18 Å². The van der Waals surface area contributed by atoms with E-state index in [4.69, 9.17) is 4.74 Å². The molecule has 6 heteroatoms. The van der Waals surface area contributed by atoms with Crippen LogP contribution in [0.1, 0.15) is 51.1 Å². The van der Waals surface area contributed by atoms with Gasteiger partial charge in [-0.25, -0.2) is 4.39 Å². The molecule has 0 radical (unpaired) electrons. The van der Waals surface area contributed by atoms with E-state index in [1.807, 2.05) is 13.8 Å². The summed E-state index contributed by atoms with van der Waals surface area (Å²) in [6.45, 7) is 5.99. The number of halogens is 2. The summed E-state index contributed by atoms with van der Waals surface area (Å²) >= 11 is 0. The monoisotopic (exact) mass is 356 g/mol. The lowest BCUT2D eigenvalue weighted by Gasteiger charge is -2.38. The summed E-state index contributed by atoms with van der Waals surface area (Å²) in [6, 6.07) is 4.42. The van der Waals surface area contributed by atoms with E-state index in [-0.39, 0.29) is 30.2 Å². The lowest BCUT2D eigenvalue weighted by Crippen LogP contribution is -2.41. The third kappa shape index (κ3) is 4.61. The number of nitrogens with one attached hydrogen (secondary N) is 2. The van der Waals surface area contributed by atoms with Crippen molar-refractivity contribution in [2.75, 3.05) is 13.1 Å². The fourth-order valence-electron chi connectivity index (χ4n) is 3.52. The molecule has 0 saturated carbocycles. The van der Waals surface area contributed by atoms with Crippen molar-refractivity contribution in [3.05, 3.63) is 29.6 Å². The third-order valence-corrected chi connectivity index (χ3v) is 4.71. The molecule has 0 bridgehead atoms. The molecule has 1 aromatic rings. The van der Waals surface area contributed by atoms with Crippen LogP contribution in [0.2, 0.25) is 0 Å². The Balaban J connectivity index is 0.00000208. The predicted octanol–water partition coefficient (Wildman–Crippen LogP) is 3.36. The summed E-state index contributed by atoms with van der Waals surface area (Å²) in [5, 5.41) is 6.44. The zero-order chi connectivity index (χ0) is 16.4. The molecule has 1 saturated heterocycles. The lowest BCUT2D eigenvalue weighted by molar-refractivity contribution is -0.122. The summed E-state index contributed by atoms with van der Waals surface area (Å²) in [7, 11) is 0. The van der Waals surface area contributed by atoms with Crippen LogP contribution in [0, 0.1) is 11.7 Å². The molecule has 2 unspecified atom stereocenters. The second-order valence-corrected chi connectivity index (χ2v) is 7.27. The lowest BCUT2D eigenvalue weighted by atomic mass is 9.89. The molecule has 0 aliphatic carbocycles. The second-order valence-electron chi connectivity index (χ2n) is 7.27. The van der Waals surface area contributed by atoms with E-state index >= 15 is 0 Å². The van der Waals surface area contributed by atoms with E-state index in [0.29, 0.717) is 24.5 Å². The molecule has 1 amide bonds. The van der Waals surface area contributed by atoms with Crippen LogP contribution in [0.5, 0.6) is 5.75 Å². The van der Waals surface area contributed by atoms with Crippen molar-refractivity contribution in [1.82, 2.24) is 10.6 Å². The third-order valence-electron chi connectivity index (χ3n) is 4.71. The van der Waals surface area contributed by atoms with Crippen molar-refractivity contribution in [2.45, 2.75) is 51.2 Å². The van der Waals surface area contributed by atoms with Crippen molar-refractivity contribution in [1.29, 1.82) is 0 Å². The predicted molar refractivity (Wildman–Crippen MR) is 94.1 cm³/mol. The highest BCUT2D eigenvalue weighted by Gasteiger charge is 2.34. The van der Waals surface area contributed by atoms with Gasteiger partial charge in [0.15, 0.2) is 0 Å². The smallest absolute Gasteiger partial charge is 0.220 e. The number of hydrogen-bond donors (Lipinski definition) is 2. The molecule has 0 aromatic heterocycles. The van der Waals surface area contributed by atoms with Crippen LogP contribution in [-0.4, -0.2) is 24.6 Å². The Morgan fingerprint density at radius 1 is 1.46 bits per heavy atom. The first-order valence-electron chi connectivity index (χ1n) is 8.41. The fraction of sp³-hybridized carbons (Fsp3) is 0.611. The molecule has 134 valence electrons. The second kappa shape index (κ2) is 7.70. The number of amides is 1. The number of carbonyl (C=O) groups excluding carboxylic acids is 1. The summed E-state index contributed by atoms with van der Waals surface area (Å²) in [6.07, 6.45) is 3.30. The first-order valence-corrected chi connectivity index (χ1v) is 8.41. The summed E-state index contributed by atoms with van der Waals surface area (Å²) < 4.78 is 19.3. The number of benzene rings is 1. The molecule has 3 rings (SSSR count). The van der Waals surface area contributed by atoms with E-state index in [2.05, 4.69) is 10.6 Å². The van der Waals surface area contributed by atoms with Crippen molar-refractivity contribution < 1.29 is 13.9 Å². The van der Waals surface area contributed by atoms with Crippen LogP contribution >= 0.6 is 12.4 Å². The van der Waals surface area contributed by atoms with Gasteiger partial charge in [0.2, 0.25) is 5.91 Å². The van der Waals surface area contributed by atoms with Crippen LogP contribution in [-0.2, 0) is 4.79 Å². The van der Waals surface area contributed by atoms with E-state index in [0.717, 1.165) is 31.5 Å². The maximum Gasteiger partial charge on any atom is 0.220 e. The molecule has 24 heavy (non-hydrogen) atoms. The molecular formula is C18H26ClFN2O2. The van der Waals surface area contributed by atoms with Gasteiger partial charge >= 0.3 is 0 Å². The topological polar surface area (TPSA) is 50.4 Å². The number of ether oxygens (including phenoxy) is 1. The van der Waals surface area contributed by atoms with Crippen LogP contribution in [0.4, 0.5) is 4.39 Å². The van der Waals surface area contributed by atoms with E-state index in [1.165, 1.54) is 12.1 Å². The highest BCUT2D eigenvalue weighted by atomic mass is 35.5. The van der Waals surface area contributed by atoms with E-state index in [1.54, 1.807) is 6.07 Å². The van der Waals surface area contributed by atoms with Crippen molar-refractivity contribution >= 4 is 18.3 Å². The van der Waals surface area contributed by atoms with Gasteiger partial charge in [-0.3, -0.25) is 4.79 Å². The highest BCUT2D eigenvalue weighted by Crippen LogP contribution is 2.39. The van der Waals surface area contributed by atoms with Crippen molar-refractivity contribution in [3.63, 3.8) is 0 Å². The fourth-order valence-corrected chi connectivity index (χ4v) is 3.52. The maximum absolute atomic E-state index is 13.5. The molecule has 2 heterocycles. The van der Waals surface area contributed by atoms with Gasteiger partial charge in [0.25, 0.3) is 0 Å². The van der Waals surface area contributed by atoms with Crippen LogP contribution < -0.4 is 15.4 Å². The molecular weight excluding hydrogens is 331 g/mol. The Kier molecular flexibility index (Phi) is 6.10. The normalized spacial score (nSPS) is 24.5.